The molecule has 2 heterocycles. The summed E-state index contributed by atoms with van der Waals surface area (Å²) in [6.45, 7) is 6.29. The smallest absolute Gasteiger partial charge is 0.335 e. The normalized spacial score (nSPS) is 17.5. The number of nitrogens with zero attached hydrogens (tertiary/aromatic N) is 5. The Kier molecular flexibility index (Phi) is 5.21. The van der Waals surface area contributed by atoms with Gasteiger partial charge in [0, 0.05) is 25.7 Å². The molecule has 1 fully saturated rings. The molecule has 0 saturated carbocycles. The lowest BCUT2D eigenvalue weighted by atomic mass is 10.1. The molecule has 0 N–H and O–H groups in total. The highest BCUT2D eigenvalue weighted by molar-refractivity contribution is 5.93. The van der Waals surface area contributed by atoms with E-state index in [9.17, 15) is 22.8 Å². The number of carbonyl (C=O) groups excluding carboxylic acids is 2. The van der Waals surface area contributed by atoms with Gasteiger partial charge in [0.05, 0.1) is 17.4 Å². The lowest BCUT2D eigenvalue weighted by molar-refractivity contribution is -0.137. The number of halogens is 3. The van der Waals surface area contributed by atoms with Gasteiger partial charge >= 0.3 is 6.18 Å². The maximum Gasteiger partial charge on any atom is 0.416 e. The topological polar surface area (TPSA) is 71.3 Å². The molecule has 7 nitrogen and oxygen atoms in total. The largest absolute Gasteiger partial charge is 0.416 e. The van der Waals surface area contributed by atoms with Gasteiger partial charge in [-0.25, -0.2) is 4.68 Å². The zero-order valence-corrected chi connectivity index (χ0v) is 15.1. The molecule has 0 radical (unpaired) electrons. The highest BCUT2D eigenvalue weighted by Gasteiger charge is 2.32. The summed E-state index contributed by atoms with van der Waals surface area (Å²) in [5.74, 6) is -0.592. The van der Waals surface area contributed by atoms with Crippen molar-refractivity contribution in [2.45, 2.75) is 19.1 Å². The number of hydrogen-bond acceptors (Lipinski definition) is 4. The van der Waals surface area contributed by atoms with Crippen LogP contribution < -0.4 is 0 Å². The van der Waals surface area contributed by atoms with E-state index in [0.29, 0.717) is 19.6 Å². The molecular formula is C18H18F3N5O2. The van der Waals surface area contributed by atoms with Crippen molar-refractivity contribution in [2.24, 2.45) is 0 Å². The Morgan fingerprint density at radius 3 is 2.68 bits per heavy atom. The fourth-order valence-corrected chi connectivity index (χ4v) is 3.05. The highest BCUT2D eigenvalue weighted by atomic mass is 19.4. The lowest BCUT2D eigenvalue weighted by Crippen LogP contribution is -2.55. The third-order valence-electron chi connectivity index (χ3n) is 4.53. The third kappa shape index (κ3) is 3.90. The summed E-state index contributed by atoms with van der Waals surface area (Å²) in [5.41, 5.74) is -0.645. The molecule has 1 aromatic carbocycles. The number of piperazine rings is 1. The molecule has 28 heavy (non-hydrogen) atoms. The van der Waals surface area contributed by atoms with Crippen LogP contribution in [0.1, 0.15) is 23.0 Å². The number of rotatable bonds is 3. The molecule has 2 amide bonds. The van der Waals surface area contributed by atoms with E-state index in [-0.39, 0.29) is 23.3 Å². The predicted octanol–water partition coefficient (Wildman–Crippen LogP) is 2.14. The molecule has 2 aromatic rings. The van der Waals surface area contributed by atoms with Gasteiger partial charge in [0.1, 0.15) is 0 Å². The first-order valence-electron chi connectivity index (χ1n) is 8.53. The van der Waals surface area contributed by atoms with Crippen molar-refractivity contribution in [3.63, 3.8) is 0 Å². The Morgan fingerprint density at radius 2 is 2.04 bits per heavy atom. The first kappa shape index (κ1) is 19.6. The second kappa shape index (κ2) is 7.45. The van der Waals surface area contributed by atoms with Crippen LogP contribution in [0.3, 0.4) is 0 Å². The molecule has 0 bridgehead atoms. The highest BCUT2D eigenvalue weighted by Crippen LogP contribution is 2.30. The van der Waals surface area contributed by atoms with Crippen molar-refractivity contribution < 1.29 is 22.8 Å². The minimum Gasteiger partial charge on any atom is -0.335 e. The average Bonchev–Trinajstić information content (AvgIpc) is 3.16. The minimum atomic E-state index is -4.48. The Hall–Kier alpha value is -3.17. The van der Waals surface area contributed by atoms with E-state index in [4.69, 9.17) is 0 Å². The van der Waals surface area contributed by atoms with Crippen molar-refractivity contribution in [1.82, 2.24) is 24.8 Å². The number of hydrogen-bond donors (Lipinski definition) is 0. The first-order chi connectivity index (χ1) is 13.2. The van der Waals surface area contributed by atoms with Crippen LogP contribution in [0.5, 0.6) is 0 Å². The zero-order valence-electron chi connectivity index (χ0n) is 15.1. The van der Waals surface area contributed by atoms with Crippen LogP contribution in [-0.2, 0) is 11.0 Å². The van der Waals surface area contributed by atoms with Crippen LogP contribution in [0.4, 0.5) is 13.2 Å². The van der Waals surface area contributed by atoms with Crippen LogP contribution in [0.2, 0.25) is 0 Å². The fourth-order valence-electron chi connectivity index (χ4n) is 3.05. The lowest BCUT2D eigenvalue weighted by Gasteiger charge is -2.39. The summed E-state index contributed by atoms with van der Waals surface area (Å²) in [6, 6.07) is 4.35. The van der Waals surface area contributed by atoms with Crippen LogP contribution in [0.25, 0.3) is 5.69 Å². The Bertz CT molecular complexity index is 909. The summed E-state index contributed by atoms with van der Waals surface area (Å²) >= 11 is 0. The monoisotopic (exact) mass is 393 g/mol. The van der Waals surface area contributed by atoms with Crippen LogP contribution in [0, 0.1) is 0 Å². The van der Waals surface area contributed by atoms with Crippen LogP contribution in [-0.4, -0.2) is 62.3 Å². The van der Waals surface area contributed by atoms with Gasteiger partial charge < -0.3 is 9.80 Å². The quantitative estimate of drug-likeness (QED) is 0.750. The number of carbonyl (C=O) groups is 2. The summed E-state index contributed by atoms with van der Waals surface area (Å²) in [4.78, 5) is 27.6. The predicted molar refractivity (Wildman–Crippen MR) is 93.6 cm³/mol. The van der Waals surface area contributed by atoms with Gasteiger partial charge in [0.25, 0.3) is 5.91 Å². The molecule has 1 atom stereocenters. The third-order valence-corrected chi connectivity index (χ3v) is 4.53. The molecule has 3 rings (SSSR count). The average molecular weight is 393 g/mol. The van der Waals surface area contributed by atoms with E-state index in [2.05, 4.69) is 16.9 Å². The van der Waals surface area contributed by atoms with Gasteiger partial charge in [-0.3, -0.25) is 9.59 Å². The molecule has 148 valence electrons. The van der Waals surface area contributed by atoms with E-state index < -0.39 is 17.6 Å². The van der Waals surface area contributed by atoms with Gasteiger partial charge in [-0.05, 0) is 31.2 Å². The maximum atomic E-state index is 12.9. The Labute approximate surface area is 159 Å². The zero-order chi connectivity index (χ0) is 20.5. The van der Waals surface area contributed by atoms with Gasteiger partial charge in [0.15, 0.2) is 5.69 Å². The van der Waals surface area contributed by atoms with Crippen molar-refractivity contribution in [3.05, 3.63) is 54.4 Å². The number of aromatic nitrogens is 3. The van der Waals surface area contributed by atoms with E-state index in [1.54, 1.807) is 16.7 Å². The van der Waals surface area contributed by atoms with Crippen LogP contribution >= 0.6 is 0 Å². The Balaban J connectivity index is 1.76. The fraction of sp³-hybridized carbons (Fsp3) is 0.333. The molecule has 1 aliphatic heterocycles. The summed E-state index contributed by atoms with van der Waals surface area (Å²) in [6.07, 6.45) is -1.95. The van der Waals surface area contributed by atoms with Gasteiger partial charge in [-0.15, -0.1) is 5.10 Å². The minimum absolute atomic E-state index is 0.0211. The molecule has 10 heteroatoms. The summed E-state index contributed by atoms with van der Waals surface area (Å²) in [7, 11) is 0. The standard InChI is InChI=1S/C18H18F3N5O2/c1-3-16(27)24-7-8-25(12(2)10-24)17(28)15-11-26(23-22-15)14-6-4-5-13(9-14)18(19,20)21/h3-6,9,11-12H,1,7-8,10H2,2H3/t12-/m0/s1. The van der Waals surface area contributed by atoms with Gasteiger partial charge in [-0.2, -0.15) is 13.2 Å². The van der Waals surface area contributed by atoms with E-state index >= 15 is 0 Å². The molecule has 0 aliphatic carbocycles. The molecule has 1 saturated heterocycles. The second-order valence-corrected chi connectivity index (χ2v) is 6.43. The number of benzene rings is 1. The van der Waals surface area contributed by atoms with Crippen LogP contribution in [0.15, 0.2) is 43.1 Å². The van der Waals surface area contributed by atoms with Gasteiger partial charge in [0.2, 0.25) is 5.91 Å². The molecule has 1 aliphatic rings. The van der Waals surface area contributed by atoms with E-state index in [0.717, 1.165) is 16.8 Å². The van der Waals surface area contributed by atoms with Crippen molar-refractivity contribution in [1.29, 1.82) is 0 Å². The summed E-state index contributed by atoms with van der Waals surface area (Å²) < 4.78 is 39.8. The van der Waals surface area contributed by atoms with Crippen molar-refractivity contribution in [3.8, 4) is 5.69 Å². The van der Waals surface area contributed by atoms with E-state index in [1.165, 1.54) is 24.4 Å². The second-order valence-electron chi connectivity index (χ2n) is 6.43. The molecule has 0 unspecified atom stereocenters. The molecule has 1 aromatic heterocycles. The SMILES string of the molecule is C=CC(=O)N1CCN(C(=O)c2cn(-c3cccc(C(F)(F)F)c3)nn2)[C@@H](C)C1. The Morgan fingerprint density at radius 1 is 1.29 bits per heavy atom. The maximum absolute atomic E-state index is 12.9. The summed E-state index contributed by atoms with van der Waals surface area (Å²) in [5, 5.41) is 7.59. The van der Waals surface area contributed by atoms with Crippen molar-refractivity contribution in [2.75, 3.05) is 19.6 Å². The van der Waals surface area contributed by atoms with Gasteiger partial charge in [-0.1, -0.05) is 17.9 Å². The number of alkyl halides is 3. The molecule has 0 spiro atoms. The number of amides is 2. The van der Waals surface area contributed by atoms with E-state index in [1.807, 2.05) is 0 Å². The van der Waals surface area contributed by atoms with Crippen molar-refractivity contribution >= 4 is 11.8 Å². The molecular weight excluding hydrogens is 375 g/mol. The first-order valence-corrected chi connectivity index (χ1v) is 8.53.